The Labute approximate surface area is 173 Å². The van der Waals surface area contributed by atoms with E-state index >= 15 is 0 Å². The van der Waals surface area contributed by atoms with Crippen LogP contribution < -0.4 is 5.32 Å². The average Bonchev–Trinajstić information content (AvgIpc) is 2.76. The van der Waals surface area contributed by atoms with Crippen LogP contribution in [0.5, 0.6) is 0 Å². The maximum absolute atomic E-state index is 12.6. The van der Waals surface area contributed by atoms with Crippen LogP contribution in [-0.2, 0) is 9.53 Å². The molecule has 1 heterocycles. The minimum Gasteiger partial charge on any atom is -0.449 e. The summed E-state index contributed by atoms with van der Waals surface area (Å²) in [6.45, 7) is -0.178. The Kier molecular flexibility index (Phi) is 6.43. The molecule has 0 aliphatic heterocycles. The van der Waals surface area contributed by atoms with Crippen molar-refractivity contribution in [1.82, 2.24) is 9.97 Å². The van der Waals surface area contributed by atoms with E-state index in [4.69, 9.17) is 0 Å². The van der Waals surface area contributed by atoms with Gasteiger partial charge in [0, 0.05) is 23.8 Å². The quantitative estimate of drug-likeness (QED) is 0.337. The maximum Gasteiger partial charge on any atom is 0.490 e. The lowest BCUT2D eigenvalue weighted by Gasteiger charge is -2.20. The molecule has 0 saturated heterocycles. The van der Waals surface area contributed by atoms with Crippen LogP contribution in [0.3, 0.4) is 0 Å². The number of rotatable bonds is 7. The average molecular weight is 432 g/mol. The first-order chi connectivity index (χ1) is 14.7. The van der Waals surface area contributed by atoms with Crippen molar-refractivity contribution in [3.8, 4) is 11.3 Å². The monoisotopic (exact) mass is 432 g/mol. The Morgan fingerprint density at radius 3 is 2.39 bits per heavy atom. The molecule has 0 radical (unpaired) electrons. The number of ether oxygens (including phenoxy) is 1. The summed E-state index contributed by atoms with van der Waals surface area (Å²) in [6.07, 6.45) is -5.10. The molecule has 2 aromatic carbocycles. The highest BCUT2D eigenvalue weighted by Crippen LogP contribution is 2.25. The van der Waals surface area contributed by atoms with E-state index in [-0.39, 0.29) is 18.1 Å². The molecule has 0 aliphatic carbocycles. The summed E-state index contributed by atoms with van der Waals surface area (Å²) >= 11 is 0. The molecule has 11 heteroatoms. The third kappa shape index (κ3) is 5.75. The van der Waals surface area contributed by atoms with Gasteiger partial charge in [-0.2, -0.15) is 13.2 Å². The summed E-state index contributed by atoms with van der Waals surface area (Å²) in [7, 11) is 0. The van der Waals surface area contributed by atoms with E-state index in [1.807, 2.05) is 0 Å². The summed E-state index contributed by atoms with van der Waals surface area (Å²) in [5.41, 5.74) is 1.32. The van der Waals surface area contributed by atoms with Crippen LogP contribution in [0.2, 0.25) is 0 Å². The number of esters is 1. The molecular formula is C20H15F3N4O4. The van der Waals surface area contributed by atoms with Crippen molar-refractivity contribution < 1.29 is 27.6 Å². The standard InChI is InChI=1S/C20H15F3N4O4/c21-20(22,23)19(28)31-17(14-4-2-1-3-5-14)11-24-18-10-16(25-12-26-18)13-6-8-15(9-7-13)27(29)30/h1-10,12,17H,11H2,(H,24,25,26). The number of alkyl halides is 3. The number of aromatic nitrogens is 2. The zero-order chi connectivity index (χ0) is 22.4. The molecular weight excluding hydrogens is 417 g/mol. The number of benzene rings is 2. The second kappa shape index (κ2) is 9.20. The zero-order valence-electron chi connectivity index (χ0n) is 15.7. The van der Waals surface area contributed by atoms with Crippen LogP contribution >= 0.6 is 0 Å². The van der Waals surface area contributed by atoms with E-state index < -0.39 is 23.2 Å². The Hall–Kier alpha value is -4.02. The van der Waals surface area contributed by atoms with E-state index in [9.17, 15) is 28.1 Å². The lowest BCUT2D eigenvalue weighted by Crippen LogP contribution is -2.29. The van der Waals surface area contributed by atoms with Crippen molar-refractivity contribution in [3.05, 3.63) is 82.7 Å². The Morgan fingerprint density at radius 1 is 1.10 bits per heavy atom. The molecule has 0 saturated carbocycles. The smallest absolute Gasteiger partial charge is 0.449 e. The summed E-state index contributed by atoms with van der Waals surface area (Å²) in [4.78, 5) is 29.7. The fourth-order valence-corrected chi connectivity index (χ4v) is 2.65. The van der Waals surface area contributed by atoms with Crippen LogP contribution in [0.25, 0.3) is 11.3 Å². The number of nitrogens with zero attached hydrogens (tertiary/aromatic N) is 3. The second-order valence-corrected chi connectivity index (χ2v) is 6.28. The highest BCUT2D eigenvalue weighted by Gasteiger charge is 2.42. The van der Waals surface area contributed by atoms with Crippen LogP contribution in [0.1, 0.15) is 11.7 Å². The number of non-ortho nitro benzene ring substituents is 1. The summed E-state index contributed by atoms with van der Waals surface area (Å²) < 4.78 is 42.6. The van der Waals surface area contributed by atoms with Crippen LogP contribution in [0.15, 0.2) is 67.0 Å². The normalized spacial score (nSPS) is 12.1. The van der Waals surface area contributed by atoms with Gasteiger partial charge in [-0.05, 0) is 17.7 Å². The van der Waals surface area contributed by atoms with Gasteiger partial charge in [0.25, 0.3) is 5.69 Å². The molecule has 1 unspecified atom stereocenters. The molecule has 3 aromatic rings. The number of nitrogens with one attached hydrogen (secondary N) is 1. The molecule has 0 spiro atoms. The number of halogens is 3. The van der Waals surface area contributed by atoms with E-state index in [1.54, 1.807) is 18.2 Å². The third-order valence-electron chi connectivity index (χ3n) is 4.16. The van der Waals surface area contributed by atoms with Crippen molar-refractivity contribution >= 4 is 17.5 Å². The fourth-order valence-electron chi connectivity index (χ4n) is 2.65. The lowest BCUT2D eigenvalue weighted by atomic mass is 10.1. The minimum atomic E-state index is -5.12. The maximum atomic E-state index is 12.6. The number of nitro benzene ring substituents is 1. The Bertz CT molecular complexity index is 1060. The first-order valence-electron chi connectivity index (χ1n) is 8.87. The first-order valence-corrected chi connectivity index (χ1v) is 8.87. The molecule has 0 fully saturated rings. The van der Waals surface area contributed by atoms with Gasteiger partial charge in [0.15, 0.2) is 0 Å². The molecule has 1 aromatic heterocycles. The molecule has 3 rings (SSSR count). The van der Waals surface area contributed by atoms with Crippen molar-refractivity contribution in [2.45, 2.75) is 12.3 Å². The van der Waals surface area contributed by atoms with Gasteiger partial charge in [0.1, 0.15) is 18.2 Å². The molecule has 0 aliphatic rings. The fraction of sp³-hybridized carbons (Fsp3) is 0.150. The number of carbonyl (C=O) groups excluding carboxylic acids is 1. The number of carbonyl (C=O) groups is 1. The Morgan fingerprint density at radius 2 is 1.77 bits per heavy atom. The van der Waals surface area contributed by atoms with E-state index in [0.29, 0.717) is 16.8 Å². The third-order valence-corrected chi connectivity index (χ3v) is 4.16. The number of hydrogen-bond acceptors (Lipinski definition) is 7. The van der Waals surface area contributed by atoms with Gasteiger partial charge >= 0.3 is 12.1 Å². The molecule has 160 valence electrons. The van der Waals surface area contributed by atoms with Gasteiger partial charge < -0.3 is 10.1 Å². The van der Waals surface area contributed by atoms with Crippen molar-refractivity contribution in [2.75, 3.05) is 11.9 Å². The molecule has 1 atom stereocenters. The Balaban J connectivity index is 1.76. The summed E-state index contributed by atoms with van der Waals surface area (Å²) in [5.74, 6) is -2.02. The van der Waals surface area contributed by atoms with E-state index in [1.165, 1.54) is 48.8 Å². The van der Waals surface area contributed by atoms with Gasteiger partial charge in [-0.3, -0.25) is 10.1 Å². The zero-order valence-corrected chi connectivity index (χ0v) is 15.7. The molecule has 31 heavy (non-hydrogen) atoms. The van der Waals surface area contributed by atoms with Crippen molar-refractivity contribution in [1.29, 1.82) is 0 Å². The lowest BCUT2D eigenvalue weighted by molar-refractivity contribution is -0.384. The van der Waals surface area contributed by atoms with E-state index in [2.05, 4.69) is 20.0 Å². The largest absolute Gasteiger partial charge is 0.490 e. The van der Waals surface area contributed by atoms with Gasteiger partial charge in [-0.25, -0.2) is 14.8 Å². The summed E-state index contributed by atoms with van der Waals surface area (Å²) in [6, 6.07) is 15.2. The van der Waals surface area contributed by atoms with Gasteiger partial charge in [-0.15, -0.1) is 0 Å². The SMILES string of the molecule is O=C(OC(CNc1cc(-c2ccc([N+](=O)[O-])cc2)ncn1)c1ccccc1)C(F)(F)F. The molecule has 1 N–H and O–H groups in total. The van der Waals surface area contributed by atoms with Crippen LogP contribution in [0, 0.1) is 10.1 Å². The highest BCUT2D eigenvalue weighted by molar-refractivity contribution is 5.76. The van der Waals surface area contributed by atoms with Gasteiger partial charge in [-0.1, -0.05) is 30.3 Å². The highest BCUT2D eigenvalue weighted by atomic mass is 19.4. The number of anilines is 1. The van der Waals surface area contributed by atoms with Crippen LogP contribution in [0.4, 0.5) is 24.7 Å². The predicted octanol–water partition coefficient (Wildman–Crippen LogP) is 4.31. The van der Waals surface area contributed by atoms with Gasteiger partial charge in [0.2, 0.25) is 0 Å². The minimum absolute atomic E-state index is 0.0756. The first kappa shape index (κ1) is 21.7. The number of nitro groups is 1. The topological polar surface area (TPSA) is 107 Å². The van der Waals surface area contributed by atoms with Crippen molar-refractivity contribution in [3.63, 3.8) is 0 Å². The van der Waals surface area contributed by atoms with Gasteiger partial charge in [0.05, 0.1) is 17.2 Å². The second-order valence-electron chi connectivity index (χ2n) is 6.28. The predicted molar refractivity (Wildman–Crippen MR) is 104 cm³/mol. The van der Waals surface area contributed by atoms with Crippen molar-refractivity contribution in [2.24, 2.45) is 0 Å². The summed E-state index contributed by atoms with van der Waals surface area (Å²) in [5, 5.41) is 13.6. The van der Waals surface area contributed by atoms with Crippen LogP contribution in [-0.4, -0.2) is 33.6 Å². The number of hydrogen-bond donors (Lipinski definition) is 1. The molecule has 0 bridgehead atoms. The van der Waals surface area contributed by atoms with E-state index in [0.717, 1.165) is 0 Å². The molecule has 0 amide bonds. The molecule has 8 nitrogen and oxygen atoms in total.